The zero-order chi connectivity index (χ0) is 23.0. The fraction of sp³-hybridized carbons (Fsp3) is 0.200. The first kappa shape index (κ1) is 24.5. The Hall–Kier alpha value is -3.64. The molecule has 2 aliphatic rings. The Labute approximate surface area is 206 Å². The summed E-state index contributed by atoms with van der Waals surface area (Å²) in [6.45, 7) is 2.94. The highest BCUT2D eigenvalue weighted by molar-refractivity contribution is 5.71. The number of epoxide rings is 2. The molecule has 5 nitrogen and oxygen atoms in total. The number of ether oxygens (including phenoxy) is 4. The fourth-order valence-corrected chi connectivity index (χ4v) is 3.59. The standard InChI is InChI=1S/2C15H14O2.H2O/c2*1-2-6-12(7-3-1)14-8-4-5-9-15(14)17-11-13-10-16-13;/h2*1-9,13H,10-11H2;1H2. The van der Waals surface area contributed by atoms with E-state index in [1.807, 2.05) is 72.8 Å². The molecular weight excluding hydrogens is 440 g/mol. The molecule has 0 spiro atoms. The first-order valence-electron chi connectivity index (χ1n) is 11.6. The Morgan fingerprint density at radius 3 is 1.23 bits per heavy atom. The summed E-state index contributed by atoms with van der Waals surface area (Å²) in [5, 5.41) is 0. The maximum atomic E-state index is 5.79. The minimum Gasteiger partial charge on any atom is -0.490 e. The van der Waals surface area contributed by atoms with E-state index in [4.69, 9.17) is 18.9 Å². The third kappa shape index (κ3) is 7.17. The van der Waals surface area contributed by atoms with E-state index in [1.165, 1.54) is 11.1 Å². The lowest BCUT2D eigenvalue weighted by Crippen LogP contribution is -2.04. The van der Waals surface area contributed by atoms with Gasteiger partial charge in [-0.25, -0.2) is 0 Å². The minimum atomic E-state index is 0. The molecule has 4 aromatic carbocycles. The Bertz CT molecular complexity index is 1080. The van der Waals surface area contributed by atoms with E-state index in [1.54, 1.807) is 0 Å². The van der Waals surface area contributed by atoms with Gasteiger partial charge in [-0.1, -0.05) is 97.1 Å². The molecule has 2 N–H and O–H groups in total. The van der Waals surface area contributed by atoms with Crippen molar-refractivity contribution in [3.05, 3.63) is 109 Å². The maximum absolute atomic E-state index is 5.79. The fourth-order valence-electron chi connectivity index (χ4n) is 3.59. The van der Waals surface area contributed by atoms with Gasteiger partial charge in [-0.3, -0.25) is 0 Å². The van der Waals surface area contributed by atoms with Crippen LogP contribution in [0.25, 0.3) is 22.3 Å². The van der Waals surface area contributed by atoms with Gasteiger partial charge in [0.25, 0.3) is 0 Å². The van der Waals surface area contributed by atoms with Crippen LogP contribution in [0.5, 0.6) is 11.5 Å². The predicted molar refractivity (Wildman–Crippen MR) is 138 cm³/mol. The van der Waals surface area contributed by atoms with E-state index >= 15 is 0 Å². The van der Waals surface area contributed by atoms with Crippen LogP contribution in [0.1, 0.15) is 0 Å². The molecule has 0 bridgehead atoms. The Balaban J connectivity index is 0.000000160. The first-order chi connectivity index (χ1) is 16.9. The van der Waals surface area contributed by atoms with Crippen molar-refractivity contribution >= 4 is 0 Å². The number of benzene rings is 4. The van der Waals surface area contributed by atoms with Crippen molar-refractivity contribution in [2.45, 2.75) is 12.2 Å². The van der Waals surface area contributed by atoms with Crippen LogP contribution in [0.4, 0.5) is 0 Å². The van der Waals surface area contributed by atoms with Crippen LogP contribution >= 0.6 is 0 Å². The summed E-state index contributed by atoms with van der Waals surface area (Å²) in [7, 11) is 0. The summed E-state index contributed by atoms with van der Waals surface area (Å²) in [4.78, 5) is 0. The maximum Gasteiger partial charge on any atom is 0.127 e. The van der Waals surface area contributed by atoms with Crippen molar-refractivity contribution in [2.24, 2.45) is 0 Å². The van der Waals surface area contributed by atoms with Gasteiger partial charge in [0.1, 0.15) is 36.9 Å². The summed E-state index contributed by atoms with van der Waals surface area (Å²) in [6, 6.07) is 36.8. The predicted octanol–water partition coefficient (Wildman–Crippen LogP) is 5.44. The molecule has 6 rings (SSSR count). The lowest BCUT2D eigenvalue weighted by atomic mass is 10.1. The third-order valence-electron chi connectivity index (χ3n) is 5.60. The third-order valence-corrected chi connectivity index (χ3v) is 5.60. The quantitative estimate of drug-likeness (QED) is 0.322. The van der Waals surface area contributed by atoms with Crippen LogP contribution in [0.2, 0.25) is 0 Å². The molecule has 2 fully saturated rings. The SMILES string of the molecule is O.c1ccc(-c2ccccc2OCC2CO2)cc1.c1ccc(-c2ccccc2OCC2CO2)cc1. The van der Waals surface area contributed by atoms with E-state index in [-0.39, 0.29) is 5.48 Å². The van der Waals surface area contributed by atoms with Gasteiger partial charge < -0.3 is 24.4 Å². The van der Waals surface area contributed by atoms with Crippen LogP contribution in [-0.2, 0) is 9.47 Å². The van der Waals surface area contributed by atoms with E-state index < -0.39 is 0 Å². The lowest BCUT2D eigenvalue weighted by molar-refractivity contribution is 0.264. The molecule has 2 saturated heterocycles. The highest BCUT2D eigenvalue weighted by Gasteiger charge is 2.24. The Morgan fingerprint density at radius 1 is 0.514 bits per heavy atom. The van der Waals surface area contributed by atoms with Gasteiger partial charge >= 0.3 is 0 Å². The van der Waals surface area contributed by atoms with E-state index in [0.717, 1.165) is 35.8 Å². The number of para-hydroxylation sites is 2. The Morgan fingerprint density at radius 2 is 0.857 bits per heavy atom. The lowest BCUT2D eigenvalue weighted by Gasteiger charge is -2.10. The summed E-state index contributed by atoms with van der Waals surface area (Å²) in [5.74, 6) is 1.85. The molecule has 2 heterocycles. The van der Waals surface area contributed by atoms with Gasteiger partial charge in [-0.05, 0) is 23.3 Å². The number of hydrogen-bond acceptors (Lipinski definition) is 4. The molecule has 2 unspecified atom stereocenters. The summed E-state index contributed by atoms with van der Waals surface area (Å²) >= 11 is 0. The second-order valence-electron chi connectivity index (χ2n) is 8.26. The van der Waals surface area contributed by atoms with E-state index in [2.05, 4.69) is 36.4 Å². The molecule has 2 aliphatic heterocycles. The molecule has 0 saturated carbocycles. The van der Waals surface area contributed by atoms with Crippen molar-refractivity contribution in [3.63, 3.8) is 0 Å². The van der Waals surface area contributed by atoms with Crippen LogP contribution in [0.3, 0.4) is 0 Å². The first-order valence-corrected chi connectivity index (χ1v) is 11.6. The average molecular weight is 471 g/mol. The van der Waals surface area contributed by atoms with Crippen LogP contribution in [0, 0.1) is 0 Å². The van der Waals surface area contributed by atoms with Gasteiger partial charge in [-0.2, -0.15) is 0 Å². The van der Waals surface area contributed by atoms with Gasteiger partial charge in [-0.15, -0.1) is 0 Å². The zero-order valence-electron chi connectivity index (χ0n) is 19.5. The van der Waals surface area contributed by atoms with Crippen molar-refractivity contribution in [1.82, 2.24) is 0 Å². The molecule has 4 aromatic rings. The topological polar surface area (TPSA) is 75.0 Å². The van der Waals surface area contributed by atoms with E-state index in [0.29, 0.717) is 25.4 Å². The minimum absolute atomic E-state index is 0. The summed E-state index contributed by atoms with van der Waals surface area (Å²) in [5.41, 5.74) is 4.63. The van der Waals surface area contributed by atoms with Crippen molar-refractivity contribution < 1.29 is 24.4 Å². The highest BCUT2D eigenvalue weighted by Crippen LogP contribution is 2.31. The van der Waals surface area contributed by atoms with Crippen LogP contribution in [0.15, 0.2) is 109 Å². The molecular formula is C30H30O5. The number of rotatable bonds is 8. The largest absolute Gasteiger partial charge is 0.490 e. The average Bonchev–Trinajstić information content (AvgIpc) is 3.84. The molecule has 0 amide bonds. The molecule has 0 aromatic heterocycles. The molecule has 0 aliphatic carbocycles. The van der Waals surface area contributed by atoms with Crippen molar-refractivity contribution in [3.8, 4) is 33.8 Å². The monoisotopic (exact) mass is 470 g/mol. The summed E-state index contributed by atoms with van der Waals surface area (Å²) in [6.07, 6.45) is 0.581. The van der Waals surface area contributed by atoms with Gasteiger partial charge in [0.2, 0.25) is 0 Å². The smallest absolute Gasteiger partial charge is 0.127 e. The van der Waals surface area contributed by atoms with Gasteiger partial charge in [0, 0.05) is 11.1 Å². The van der Waals surface area contributed by atoms with E-state index in [9.17, 15) is 0 Å². The molecule has 5 heteroatoms. The molecule has 0 radical (unpaired) electrons. The zero-order valence-corrected chi connectivity index (χ0v) is 19.5. The second-order valence-corrected chi connectivity index (χ2v) is 8.26. The normalized spacial score (nSPS) is 17.3. The molecule has 2 atom stereocenters. The molecule has 180 valence electrons. The van der Waals surface area contributed by atoms with Gasteiger partial charge in [0.15, 0.2) is 0 Å². The van der Waals surface area contributed by atoms with Crippen molar-refractivity contribution in [1.29, 1.82) is 0 Å². The molecule has 35 heavy (non-hydrogen) atoms. The second kappa shape index (κ2) is 12.2. The van der Waals surface area contributed by atoms with Crippen LogP contribution < -0.4 is 9.47 Å². The van der Waals surface area contributed by atoms with Gasteiger partial charge in [0.05, 0.1) is 13.2 Å². The number of hydrogen-bond donors (Lipinski definition) is 0. The van der Waals surface area contributed by atoms with Crippen LogP contribution in [-0.4, -0.2) is 44.1 Å². The highest BCUT2D eigenvalue weighted by atomic mass is 16.6. The summed E-state index contributed by atoms with van der Waals surface area (Å²) < 4.78 is 21.9. The van der Waals surface area contributed by atoms with Crippen molar-refractivity contribution in [2.75, 3.05) is 26.4 Å². The Kier molecular flexibility index (Phi) is 8.52.